The molecule has 26 heavy (non-hydrogen) atoms. The summed E-state index contributed by atoms with van der Waals surface area (Å²) in [5.74, 6) is 0.428. The number of carbonyl (C=O) groups excluding carboxylic acids is 1. The summed E-state index contributed by atoms with van der Waals surface area (Å²) in [6.45, 7) is 3.98. The number of nitrogens with one attached hydrogen (secondary N) is 1. The molecule has 8 heteroatoms. The Kier molecular flexibility index (Phi) is 6.86. The van der Waals surface area contributed by atoms with Gasteiger partial charge in [0.05, 0.1) is 12.2 Å². The Morgan fingerprint density at radius 1 is 1.46 bits per heavy atom. The Morgan fingerprint density at radius 3 is 2.96 bits per heavy atom. The largest absolute Gasteiger partial charge is 0.609 e. The second kappa shape index (κ2) is 9.12. The summed E-state index contributed by atoms with van der Waals surface area (Å²) in [5, 5.41) is 4.75. The van der Waals surface area contributed by atoms with Crippen molar-refractivity contribution in [1.82, 2.24) is 10.3 Å². The predicted molar refractivity (Wildman–Crippen MR) is 104 cm³/mol. The topological polar surface area (TPSA) is 86.6 Å². The third-order valence-corrected chi connectivity index (χ3v) is 7.33. The summed E-state index contributed by atoms with van der Waals surface area (Å²) in [6, 6.07) is 0. The van der Waals surface area contributed by atoms with Crippen LogP contribution in [0.3, 0.4) is 0 Å². The van der Waals surface area contributed by atoms with Crippen molar-refractivity contribution in [3.05, 3.63) is 23.5 Å². The molecule has 1 aliphatic carbocycles. The Morgan fingerprint density at radius 2 is 2.31 bits per heavy atom. The van der Waals surface area contributed by atoms with Crippen molar-refractivity contribution in [2.45, 2.75) is 67.7 Å². The summed E-state index contributed by atoms with van der Waals surface area (Å²) >= 11 is 0.288. The lowest BCUT2D eigenvalue weighted by molar-refractivity contribution is -0.125. The molecular formula is C18H25N3O3S2. The highest BCUT2D eigenvalue weighted by Gasteiger charge is 2.36. The molecule has 0 bridgehead atoms. The number of amides is 1. The number of hydrogen-bond donors (Lipinski definition) is 1. The highest BCUT2D eigenvalue weighted by molar-refractivity contribution is 7.93. The highest BCUT2D eigenvalue weighted by atomic mass is 32.2. The molecule has 1 aromatic heterocycles. The number of nitrogens with zero attached hydrogens (tertiary/aromatic N) is 2. The van der Waals surface area contributed by atoms with Crippen molar-refractivity contribution in [2.24, 2.45) is 10.9 Å². The van der Waals surface area contributed by atoms with Crippen molar-refractivity contribution in [3.8, 4) is 0 Å². The van der Waals surface area contributed by atoms with Gasteiger partial charge >= 0.3 is 4.34 Å². The van der Waals surface area contributed by atoms with Gasteiger partial charge in [-0.3, -0.25) is 4.79 Å². The number of aromatic nitrogens is 1. The molecule has 0 saturated heterocycles. The minimum atomic E-state index is -1.13. The summed E-state index contributed by atoms with van der Waals surface area (Å²) in [5.41, 5.74) is 0. The van der Waals surface area contributed by atoms with Crippen LogP contribution in [0.1, 0.15) is 46.0 Å². The number of hydrogen-bond acceptors (Lipinski definition) is 6. The second-order valence-corrected chi connectivity index (χ2v) is 9.70. The first-order chi connectivity index (χ1) is 12.5. The smallest absolute Gasteiger partial charge is 0.301 e. The van der Waals surface area contributed by atoms with Crippen molar-refractivity contribution in [1.29, 1.82) is 0 Å². The number of aliphatic imine (C=N–C) groups is 1. The molecule has 2 unspecified atom stereocenters. The predicted octanol–water partition coefficient (Wildman–Crippen LogP) is 3.04. The van der Waals surface area contributed by atoms with E-state index in [-0.39, 0.29) is 29.3 Å². The fourth-order valence-electron chi connectivity index (χ4n) is 3.29. The van der Waals surface area contributed by atoms with Gasteiger partial charge in [-0.1, -0.05) is 11.3 Å². The molecule has 142 valence electrons. The zero-order valence-corrected chi connectivity index (χ0v) is 16.7. The first-order valence-electron chi connectivity index (χ1n) is 9.03. The van der Waals surface area contributed by atoms with Crippen molar-refractivity contribution in [3.63, 3.8) is 0 Å². The second-order valence-electron chi connectivity index (χ2n) is 6.90. The minimum Gasteiger partial charge on any atom is -0.609 e. The van der Waals surface area contributed by atoms with E-state index in [1.165, 1.54) is 11.3 Å². The van der Waals surface area contributed by atoms with Gasteiger partial charge in [0.25, 0.3) is 0 Å². The normalized spacial score (nSPS) is 27.2. The van der Waals surface area contributed by atoms with Crippen molar-refractivity contribution in [2.75, 3.05) is 0 Å². The Bertz CT molecular complexity index is 661. The minimum absolute atomic E-state index is 0.00157. The number of carbonyl (C=O) groups is 1. The van der Waals surface area contributed by atoms with Crippen LogP contribution in [0.25, 0.3) is 0 Å². The molecule has 0 aromatic carbocycles. The SMILES string of the molecule is CC(C)OC1C=NC(NC(=O)[C@@H]2CCC[C@@H]([S+]([O-])c3nccs3)C2)=CC1. The summed E-state index contributed by atoms with van der Waals surface area (Å²) in [4.78, 5) is 21.1. The molecule has 1 aliphatic heterocycles. The summed E-state index contributed by atoms with van der Waals surface area (Å²) in [7, 11) is 0. The average Bonchev–Trinajstić information content (AvgIpc) is 3.17. The van der Waals surface area contributed by atoms with Gasteiger partial charge in [-0.25, -0.2) is 9.98 Å². The van der Waals surface area contributed by atoms with E-state index in [1.54, 1.807) is 12.4 Å². The zero-order chi connectivity index (χ0) is 18.5. The third kappa shape index (κ3) is 5.16. The maximum Gasteiger partial charge on any atom is 0.301 e. The molecule has 4 atom stereocenters. The van der Waals surface area contributed by atoms with E-state index in [0.717, 1.165) is 19.3 Å². The first-order valence-corrected chi connectivity index (χ1v) is 11.1. The molecule has 3 rings (SSSR count). The van der Waals surface area contributed by atoms with E-state index in [0.29, 0.717) is 23.0 Å². The van der Waals surface area contributed by atoms with Gasteiger partial charge < -0.3 is 14.6 Å². The molecule has 2 heterocycles. The van der Waals surface area contributed by atoms with Gasteiger partial charge in [-0.15, -0.1) is 0 Å². The Balaban J connectivity index is 1.52. The van der Waals surface area contributed by atoms with Crippen LogP contribution in [0.4, 0.5) is 0 Å². The van der Waals surface area contributed by atoms with Crippen molar-refractivity contribution >= 4 is 34.6 Å². The molecule has 2 aliphatic rings. The quantitative estimate of drug-likeness (QED) is 0.750. The van der Waals surface area contributed by atoms with Gasteiger partial charge in [0, 0.05) is 47.7 Å². The van der Waals surface area contributed by atoms with Crippen LogP contribution < -0.4 is 5.32 Å². The van der Waals surface area contributed by atoms with Crippen LogP contribution in [0.2, 0.25) is 0 Å². The number of ether oxygens (including phenoxy) is 1. The fourth-order valence-corrected chi connectivity index (χ4v) is 5.84. The maximum absolute atomic E-state index is 12.6. The van der Waals surface area contributed by atoms with Gasteiger partial charge in [0.15, 0.2) is 0 Å². The monoisotopic (exact) mass is 395 g/mol. The van der Waals surface area contributed by atoms with Gasteiger partial charge in [-0.2, -0.15) is 0 Å². The van der Waals surface area contributed by atoms with Crippen LogP contribution in [0, 0.1) is 5.92 Å². The first kappa shape index (κ1) is 19.5. The lowest BCUT2D eigenvalue weighted by Gasteiger charge is -2.28. The van der Waals surface area contributed by atoms with Gasteiger partial charge in [0.1, 0.15) is 11.1 Å². The van der Waals surface area contributed by atoms with Gasteiger partial charge in [-0.05, 0) is 39.2 Å². The Hall–Kier alpha value is -1.22. The van der Waals surface area contributed by atoms with E-state index in [2.05, 4.69) is 15.3 Å². The van der Waals surface area contributed by atoms with E-state index in [1.807, 2.05) is 25.3 Å². The van der Waals surface area contributed by atoms with Crippen LogP contribution >= 0.6 is 11.3 Å². The summed E-state index contributed by atoms with van der Waals surface area (Å²) in [6.07, 6.45) is 9.40. The molecule has 0 spiro atoms. The van der Waals surface area contributed by atoms with Gasteiger partial charge in [0.2, 0.25) is 5.91 Å². The van der Waals surface area contributed by atoms with Crippen molar-refractivity contribution < 1.29 is 14.1 Å². The van der Waals surface area contributed by atoms with E-state index in [4.69, 9.17) is 4.74 Å². The van der Waals surface area contributed by atoms with E-state index >= 15 is 0 Å². The number of rotatable bonds is 6. The highest BCUT2D eigenvalue weighted by Crippen LogP contribution is 2.33. The molecule has 1 saturated carbocycles. The van der Waals surface area contributed by atoms with Crippen LogP contribution in [-0.4, -0.2) is 39.1 Å². The van der Waals surface area contributed by atoms with E-state index in [9.17, 15) is 9.35 Å². The molecule has 0 radical (unpaired) electrons. The molecule has 6 nitrogen and oxygen atoms in total. The molecule has 1 N–H and O–H groups in total. The Labute approximate surface area is 161 Å². The fraction of sp³-hybridized carbons (Fsp3) is 0.611. The molecule has 1 amide bonds. The molecule has 1 fully saturated rings. The van der Waals surface area contributed by atoms with Crippen LogP contribution in [0.15, 0.2) is 32.8 Å². The van der Waals surface area contributed by atoms with Crippen LogP contribution in [0.5, 0.6) is 0 Å². The number of thiazole rings is 1. The molecular weight excluding hydrogens is 370 g/mol. The van der Waals surface area contributed by atoms with E-state index < -0.39 is 11.2 Å². The average molecular weight is 396 g/mol. The van der Waals surface area contributed by atoms with Crippen LogP contribution in [-0.2, 0) is 20.7 Å². The standard InChI is InChI=1S/C18H25N3O3S2/c1-12(2)24-14-6-7-16(20-11-14)21-17(22)13-4-3-5-15(10-13)26(23)18-19-8-9-25-18/h7-9,11-15H,3-6,10H2,1-2H3,(H,21,22)/t13-,14?,15-,26?/m1/s1. The zero-order valence-electron chi connectivity index (χ0n) is 15.1. The lowest BCUT2D eigenvalue weighted by atomic mass is 9.88. The maximum atomic E-state index is 12.6. The molecule has 1 aromatic rings. The lowest BCUT2D eigenvalue weighted by Crippen LogP contribution is -2.37. The summed E-state index contributed by atoms with van der Waals surface area (Å²) < 4.78 is 19.0. The third-order valence-electron chi connectivity index (χ3n) is 4.50.